The van der Waals surface area contributed by atoms with E-state index >= 15 is 0 Å². The molecular formula is C17H15BrO3. The molecule has 0 bridgehead atoms. The molecule has 3 nitrogen and oxygen atoms in total. The van der Waals surface area contributed by atoms with E-state index < -0.39 is 0 Å². The number of methoxy groups -OCH3 is 1. The highest BCUT2D eigenvalue weighted by Gasteiger charge is 2.23. The van der Waals surface area contributed by atoms with Gasteiger partial charge in [0.15, 0.2) is 5.78 Å². The molecule has 0 amide bonds. The summed E-state index contributed by atoms with van der Waals surface area (Å²) in [5.41, 5.74) is 1.25. The summed E-state index contributed by atoms with van der Waals surface area (Å²) in [4.78, 5) is 12.5. The highest BCUT2D eigenvalue weighted by molar-refractivity contribution is 9.10. The van der Waals surface area contributed by atoms with Crippen LogP contribution in [-0.2, 0) is 0 Å². The molecule has 0 heterocycles. The molecule has 0 unspecified atom stereocenters. The normalized spacial score (nSPS) is 13.8. The average Bonchev–Trinajstić information content (AvgIpc) is 3.30. The lowest BCUT2D eigenvalue weighted by Crippen LogP contribution is -2.03. The summed E-state index contributed by atoms with van der Waals surface area (Å²) >= 11 is 3.40. The van der Waals surface area contributed by atoms with Crippen molar-refractivity contribution in [1.29, 1.82) is 0 Å². The van der Waals surface area contributed by atoms with Crippen LogP contribution in [0.5, 0.6) is 11.5 Å². The molecule has 2 aromatic rings. The maximum atomic E-state index is 12.5. The van der Waals surface area contributed by atoms with Crippen LogP contribution in [0.1, 0.15) is 28.8 Å². The van der Waals surface area contributed by atoms with Crippen LogP contribution in [0.2, 0.25) is 0 Å². The van der Waals surface area contributed by atoms with Gasteiger partial charge in [0.1, 0.15) is 11.5 Å². The fraction of sp³-hybridized carbons (Fsp3) is 0.235. The molecule has 21 heavy (non-hydrogen) atoms. The number of carbonyl (C=O) groups excluding carboxylic acids is 1. The largest absolute Gasteiger partial charge is 0.496 e. The van der Waals surface area contributed by atoms with Crippen LogP contribution < -0.4 is 9.47 Å². The van der Waals surface area contributed by atoms with Gasteiger partial charge in [-0.05, 0) is 59.1 Å². The number of rotatable bonds is 5. The van der Waals surface area contributed by atoms with Crippen LogP contribution in [0.15, 0.2) is 46.9 Å². The van der Waals surface area contributed by atoms with Crippen molar-refractivity contribution < 1.29 is 14.3 Å². The number of ether oxygens (including phenoxy) is 2. The first-order valence-electron chi connectivity index (χ1n) is 6.82. The second kappa shape index (κ2) is 5.90. The summed E-state index contributed by atoms with van der Waals surface area (Å²) in [6, 6.07) is 12.7. The van der Waals surface area contributed by atoms with E-state index in [1.165, 1.54) is 0 Å². The van der Waals surface area contributed by atoms with E-state index in [0.29, 0.717) is 23.0 Å². The summed E-state index contributed by atoms with van der Waals surface area (Å²) in [7, 11) is 1.60. The zero-order valence-corrected chi connectivity index (χ0v) is 13.2. The molecule has 0 N–H and O–H groups in total. The van der Waals surface area contributed by atoms with E-state index in [9.17, 15) is 4.79 Å². The molecular weight excluding hydrogens is 332 g/mol. The molecule has 0 atom stereocenters. The maximum absolute atomic E-state index is 12.5. The number of hydrogen-bond donors (Lipinski definition) is 0. The number of ketones is 1. The van der Waals surface area contributed by atoms with Gasteiger partial charge in [-0.1, -0.05) is 12.1 Å². The van der Waals surface area contributed by atoms with Crippen LogP contribution in [0, 0.1) is 0 Å². The minimum atomic E-state index is -0.0281. The van der Waals surface area contributed by atoms with E-state index in [2.05, 4.69) is 15.9 Å². The van der Waals surface area contributed by atoms with Gasteiger partial charge in [-0.2, -0.15) is 0 Å². The molecule has 0 aliphatic heterocycles. The highest BCUT2D eigenvalue weighted by atomic mass is 79.9. The van der Waals surface area contributed by atoms with Crippen LogP contribution in [0.3, 0.4) is 0 Å². The van der Waals surface area contributed by atoms with Gasteiger partial charge >= 0.3 is 0 Å². The van der Waals surface area contributed by atoms with Gasteiger partial charge in [-0.25, -0.2) is 0 Å². The Morgan fingerprint density at radius 3 is 2.57 bits per heavy atom. The summed E-state index contributed by atoms with van der Waals surface area (Å²) in [5.74, 6) is 1.44. The van der Waals surface area contributed by atoms with Gasteiger partial charge in [0.05, 0.1) is 17.7 Å². The van der Waals surface area contributed by atoms with Gasteiger partial charge in [0, 0.05) is 11.1 Å². The fourth-order valence-corrected chi connectivity index (χ4v) is 2.60. The van der Waals surface area contributed by atoms with Crippen molar-refractivity contribution in [1.82, 2.24) is 0 Å². The number of carbonyl (C=O) groups is 1. The standard InChI is InChI=1S/C17H15BrO3/c1-20-16-8-5-12(10-15(16)18)17(19)11-3-2-4-14(9-11)21-13-6-7-13/h2-5,8-10,13H,6-7H2,1H3. The first kappa shape index (κ1) is 14.1. The van der Waals surface area contributed by atoms with Crippen molar-refractivity contribution in [2.45, 2.75) is 18.9 Å². The third kappa shape index (κ3) is 3.27. The molecule has 1 saturated carbocycles. The Morgan fingerprint density at radius 2 is 1.90 bits per heavy atom. The van der Waals surface area contributed by atoms with Crippen molar-refractivity contribution in [3.05, 3.63) is 58.1 Å². The lowest BCUT2D eigenvalue weighted by Gasteiger charge is -2.08. The third-order valence-electron chi connectivity index (χ3n) is 3.34. The lowest BCUT2D eigenvalue weighted by molar-refractivity contribution is 0.103. The van der Waals surface area contributed by atoms with Crippen molar-refractivity contribution in [2.75, 3.05) is 7.11 Å². The van der Waals surface area contributed by atoms with E-state index in [4.69, 9.17) is 9.47 Å². The molecule has 1 aliphatic rings. The zero-order chi connectivity index (χ0) is 14.8. The quantitative estimate of drug-likeness (QED) is 0.760. The van der Waals surface area contributed by atoms with Crippen molar-refractivity contribution >= 4 is 21.7 Å². The monoisotopic (exact) mass is 346 g/mol. The zero-order valence-electron chi connectivity index (χ0n) is 11.6. The smallest absolute Gasteiger partial charge is 0.193 e. The Labute approximate surface area is 132 Å². The maximum Gasteiger partial charge on any atom is 0.193 e. The molecule has 1 aliphatic carbocycles. The first-order chi connectivity index (χ1) is 10.2. The minimum absolute atomic E-state index is 0.0281. The molecule has 3 rings (SSSR count). The van der Waals surface area contributed by atoms with E-state index in [0.717, 1.165) is 23.1 Å². The minimum Gasteiger partial charge on any atom is -0.496 e. The summed E-state index contributed by atoms with van der Waals surface area (Å²) in [6.07, 6.45) is 2.53. The summed E-state index contributed by atoms with van der Waals surface area (Å²) < 4.78 is 11.7. The van der Waals surface area contributed by atoms with Gasteiger partial charge in [-0.15, -0.1) is 0 Å². The molecule has 2 aromatic carbocycles. The van der Waals surface area contributed by atoms with E-state index in [-0.39, 0.29) is 5.78 Å². The molecule has 1 fully saturated rings. The molecule has 0 aromatic heterocycles. The van der Waals surface area contributed by atoms with Crippen LogP contribution in [-0.4, -0.2) is 19.0 Å². The van der Waals surface area contributed by atoms with Crippen LogP contribution in [0.25, 0.3) is 0 Å². The molecule has 0 spiro atoms. The first-order valence-corrected chi connectivity index (χ1v) is 7.61. The van der Waals surface area contributed by atoms with E-state index in [1.54, 1.807) is 37.4 Å². The summed E-state index contributed by atoms with van der Waals surface area (Å²) in [5, 5.41) is 0. The van der Waals surface area contributed by atoms with Crippen molar-refractivity contribution in [2.24, 2.45) is 0 Å². The molecule has 108 valence electrons. The molecule has 0 saturated heterocycles. The fourth-order valence-electron chi connectivity index (χ4n) is 2.06. The molecule has 4 heteroatoms. The van der Waals surface area contributed by atoms with Crippen molar-refractivity contribution in [3.63, 3.8) is 0 Å². The number of hydrogen-bond acceptors (Lipinski definition) is 3. The van der Waals surface area contributed by atoms with Gasteiger partial charge in [0.25, 0.3) is 0 Å². The van der Waals surface area contributed by atoms with E-state index in [1.807, 2.05) is 12.1 Å². The predicted molar refractivity (Wildman–Crippen MR) is 84.2 cm³/mol. The predicted octanol–water partition coefficient (Wildman–Crippen LogP) is 4.23. The van der Waals surface area contributed by atoms with Crippen LogP contribution in [0.4, 0.5) is 0 Å². The highest BCUT2D eigenvalue weighted by Crippen LogP contribution is 2.29. The Kier molecular flexibility index (Phi) is 3.97. The lowest BCUT2D eigenvalue weighted by atomic mass is 10.0. The Balaban J connectivity index is 1.85. The van der Waals surface area contributed by atoms with Gasteiger partial charge < -0.3 is 9.47 Å². The summed E-state index contributed by atoms with van der Waals surface area (Å²) in [6.45, 7) is 0. The number of benzene rings is 2. The Morgan fingerprint density at radius 1 is 1.14 bits per heavy atom. The Bertz CT molecular complexity index is 677. The van der Waals surface area contributed by atoms with Crippen LogP contribution >= 0.6 is 15.9 Å². The second-order valence-corrected chi connectivity index (χ2v) is 5.88. The van der Waals surface area contributed by atoms with Gasteiger partial charge in [0.2, 0.25) is 0 Å². The topological polar surface area (TPSA) is 35.5 Å². The Hall–Kier alpha value is -1.81. The van der Waals surface area contributed by atoms with Gasteiger partial charge in [-0.3, -0.25) is 4.79 Å². The third-order valence-corrected chi connectivity index (χ3v) is 3.96. The second-order valence-electron chi connectivity index (χ2n) is 5.02. The SMILES string of the molecule is COc1ccc(C(=O)c2cccc(OC3CC3)c2)cc1Br. The molecule has 0 radical (unpaired) electrons. The average molecular weight is 347 g/mol. The number of halogens is 1. The van der Waals surface area contributed by atoms with Crippen molar-refractivity contribution in [3.8, 4) is 11.5 Å².